The second-order valence-corrected chi connectivity index (χ2v) is 10.9. The van der Waals surface area contributed by atoms with Crippen LogP contribution >= 0.6 is 0 Å². The Labute approximate surface area is 205 Å². The van der Waals surface area contributed by atoms with Crippen molar-refractivity contribution in [3.8, 4) is 17.0 Å². The zero-order valence-electron chi connectivity index (χ0n) is 20.6. The Morgan fingerprint density at radius 1 is 1.17 bits per heavy atom. The number of hydrogen-bond donors (Lipinski definition) is 3. The molecular weight excluding hydrogens is 445 g/mol. The molecule has 186 valence electrons. The maximum atomic E-state index is 14.7. The number of anilines is 1. The monoisotopic (exact) mass is 479 g/mol. The van der Waals surface area contributed by atoms with Crippen LogP contribution in [0, 0.1) is 5.82 Å². The largest absolute Gasteiger partial charge is 0.507 e. The molecule has 3 heterocycles. The maximum Gasteiger partial charge on any atom is 0.243 e. The van der Waals surface area contributed by atoms with Crippen LogP contribution < -0.4 is 15.5 Å². The number of likely N-dealkylation sites (N-methyl/N-ethyl adjacent to an activating group) is 1. The molecule has 3 aliphatic rings. The van der Waals surface area contributed by atoms with Gasteiger partial charge in [-0.25, -0.2) is 4.39 Å². The molecule has 0 radical (unpaired) electrons. The number of halogens is 1. The molecule has 5 rings (SSSR count). The zero-order valence-corrected chi connectivity index (χ0v) is 20.6. The van der Waals surface area contributed by atoms with Crippen molar-refractivity contribution in [3.05, 3.63) is 41.7 Å². The smallest absolute Gasteiger partial charge is 0.243 e. The molecule has 0 unspecified atom stereocenters. The highest BCUT2D eigenvalue weighted by molar-refractivity contribution is 5.91. The van der Waals surface area contributed by atoms with Gasteiger partial charge in [0, 0.05) is 47.4 Å². The van der Waals surface area contributed by atoms with Crippen LogP contribution in [-0.2, 0) is 4.79 Å². The van der Waals surface area contributed by atoms with E-state index in [4.69, 9.17) is 0 Å². The summed E-state index contributed by atoms with van der Waals surface area (Å²) in [4.78, 5) is 13.9. The van der Waals surface area contributed by atoms with Crippen LogP contribution in [0.15, 0.2) is 30.3 Å². The Kier molecular flexibility index (Phi) is 6.03. The van der Waals surface area contributed by atoms with E-state index < -0.39 is 5.82 Å². The van der Waals surface area contributed by atoms with Crippen LogP contribution in [0.2, 0.25) is 0 Å². The standard InChI is InChI=1S/C27H34FN5O2/c1-26-11-4-12-27(2,32-26)16-19(15-26)33(18-6-7-18)24-9-8-22(30-31-24)20-14-21(28)17(13-23(20)34)5-10-25(35)29-3/h5,8-10,13-14,18-19,32,34H,4,6-7,11-12,15-16H2,1-3H3,(H,29,35)/b10-5+/t19-,26+,27-. The van der Waals surface area contributed by atoms with E-state index in [0.29, 0.717) is 17.8 Å². The van der Waals surface area contributed by atoms with E-state index in [1.807, 2.05) is 6.07 Å². The zero-order chi connectivity index (χ0) is 24.8. The quantitative estimate of drug-likeness (QED) is 0.539. The van der Waals surface area contributed by atoms with Crippen LogP contribution in [0.25, 0.3) is 17.3 Å². The molecule has 3 N–H and O–H groups in total. The van der Waals surface area contributed by atoms with Gasteiger partial charge in [0.1, 0.15) is 11.6 Å². The Bertz CT molecular complexity index is 1130. The predicted molar refractivity (Wildman–Crippen MR) is 135 cm³/mol. The summed E-state index contributed by atoms with van der Waals surface area (Å²) < 4.78 is 14.7. The van der Waals surface area contributed by atoms with Gasteiger partial charge in [0.05, 0.1) is 5.69 Å². The summed E-state index contributed by atoms with van der Waals surface area (Å²) in [6.45, 7) is 4.70. The van der Waals surface area contributed by atoms with E-state index >= 15 is 0 Å². The van der Waals surface area contributed by atoms with Crippen molar-refractivity contribution in [2.45, 2.75) is 82.0 Å². The fraction of sp³-hybridized carbons (Fsp3) is 0.519. The molecule has 0 spiro atoms. The lowest BCUT2D eigenvalue weighted by Gasteiger charge is -2.55. The summed E-state index contributed by atoms with van der Waals surface area (Å²) in [5.74, 6) is -0.171. The molecule has 2 saturated heterocycles. The summed E-state index contributed by atoms with van der Waals surface area (Å²) in [5.41, 5.74) is 1.09. The van der Waals surface area contributed by atoms with Gasteiger partial charge in [0.25, 0.3) is 0 Å². The molecule has 3 atom stereocenters. The van der Waals surface area contributed by atoms with Gasteiger partial charge in [-0.1, -0.05) is 0 Å². The molecule has 2 aliphatic heterocycles. The number of benzene rings is 1. The minimum atomic E-state index is -0.550. The average molecular weight is 480 g/mol. The Balaban J connectivity index is 1.40. The van der Waals surface area contributed by atoms with E-state index in [-0.39, 0.29) is 33.9 Å². The van der Waals surface area contributed by atoms with E-state index in [1.165, 1.54) is 50.6 Å². The number of nitrogens with one attached hydrogen (secondary N) is 2. The van der Waals surface area contributed by atoms with Crippen molar-refractivity contribution >= 4 is 17.8 Å². The van der Waals surface area contributed by atoms with Crippen LogP contribution in [0.1, 0.15) is 64.4 Å². The number of piperidine rings is 2. The lowest BCUT2D eigenvalue weighted by molar-refractivity contribution is -0.115. The summed E-state index contributed by atoms with van der Waals surface area (Å²) in [6.07, 6.45) is 10.7. The van der Waals surface area contributed by atoms with Crippen molar-refractivity contribution in [2.24, 2.45) is 0 Å². The molecule has 8 heteroatoms. The third kappa shape index (κ3) is 4.89. The molecular formula is C27H34FN5O2. The van der Waals surface area contributed by atoms with Crippen molar-refractivity contribution in [3.63, 3.8) is 0 Å². The van der Waals surface area contributed by atoms with Crippen LogP contribution in [0.3, 0.4) is 0 Å². The highest BCUT2D eigenvalue weighted by atomic mass is 19.1. The van der Waals surface area contributed by atoms with Crippen molar-refractivity contribution < 1.29 is 14.3 Å². The lowest BCUT2D eigenvalue weighted by Crippen LogP contribution is -2.67. The summed E-state index contributed by atoms with van der Waals surface area (Å²) >= 11 is 0. The second kappa shape index (κ2) is 8.90. The third-order valence-electron chi connectivity index (χ3n) is 7.73. The number of rotatable bonds is 6. The maximum absolute atomic E-state index is 14.7. The molecule has 2 bridgehead atoms. The van der Waals surface area contributed by atoms with Gasteiger partial charge in [-0.2, -0.15) is 0 Å². The number of phenolic OH excluding ortho intramolecular Hbond substituents is 1. The van der Waals surface area contributed by atoms with Gasteiger partial charge in [0.2, 0.25) is 5.91 Å². The van der Waals surface area contributed by atoms with E-state index in [0.717, 1.165) is 31.5 Å². The molecule has 1 aromatic heterocycles. The summed E-state index contributed by atoms with van der Waals surface area (Å²) in [5, 5.41) is 25.8. The average Bonchev–Trinajstić information content (AvgIpc) is 3.63. The fourth-order valence-electron chi connectivity index (χ4n) is 6.13. The predicted octanol–water partition coefficient (Wildman–Crippen LogP) is 4.17. The number of hydrogen-bond acceptors (Lipinski definition) is 6. The SMILES string of the molecule is CNC(=O)/C=C/c1cc(O)c(-c2ccc(N(C3CC3)[C@@H]3C[C@]4(C)CCC[C@](C)(C3)N4)nn2)cc1F. The summed E-state index contributed by atoms with van der Waals surface area (Å²) in [6, 6.07) is 7.17. The molecule has 1 aromatic carbocycles. The molecule has 2 aromatic rings. The Morgan fingerprint density at radius 2 is 1.89 bits per heavy atom. The third-order valence-corrected chi connectivity index (χ3v) is 7.73. The minimum Gasteiger partial charge on any atom is -0.507 e. The highest BCUT2D eigenvalue weighted by Crippen LogP contribution is 2.45. The number of carbonyl (C=O) groups is 1. The number of carbonyl (C=O) groups excluding carboxylic acids is 1. The molecule has 7 nitrogen and oxygen atoms in total. The molecule has 1 saturated carbocycles. The van der Waals surface area contributed by atoms with Gasteiger partial charge in [-0.15, -0.1) is 10.2 Å². The fourth-order valence-corrected chi connectivity index (χ4v) is 6.13. The van der Waals surface area contributed by atoms with Crippen LogP contribution in [0.5, 0.6) is 5.75 Å². The number of nitrogens with zero attached hydrogens (tertiary/aromatic N) is 3. The number of phenols is 1. The van der Waals surface area contributed by atoms with Gasteiger partial charge in [0.15, 0.2) is 5.82 Å². The van der Waals surface area contributed by atoms with Gasteiger partial charge in [-0.3, -0.25) is 4.79 Å². The molecule has 35 heavy (non-hydrogen) atoms. The van der Waals surface area contributed by atoms with E-state index in [1.54, 1.807) is 6.07 Å². The minimum absolute atomic E-state index is 0.115. The van der Waals surface area contributed by atoms with Crippen LogP contribution in [-0.4, -0.2) is 51.4 Å². The number of fused-ring (bicyclic) bond motifs is 2. The number of amides is 1. The summed E-state index contributed by atoms with van der Waals surface area (Å²) in [7, 11) is 1.49. The van der Waals surface area contributed by atoms with Crippen molar-refractivity contribution in [1.29, 1.82) is 0 Å². The van der Waals surface area contributed by atoms with Crippen molar-refractivity contribution in [2.75, 3.05) is 11.9 Å². The number of aromatic hydroxyl groups is 1. The van der Waals surface area contributed by atoms with Crippen LogP contribution in [0.4, 0.5) is 10.2 Å². The molecule has 3 fully saturated rings. The van der Waals surface area contributed by atoms with E-state index in [2.05, 4.69) is 39.6 Å². The Morgan fingerprint density at radius 3 is 2.49 bits per heavy atom. The first kappa shape index (κ1) is 23.7. The normalized spacial score (nSPS) is 28.2. The second-order valence-electron chi connectivity index (χ2n) is 10.9. The molecule has 1 amide bonds. The van der Waals surface area contributed by atoms with E-state index in [9.17, 15) is 14.3 Å². The molecule has 1 aliphatic carbocycles. The first-order valence-electron chi connectivity index (χ1n) is 12.5. The first-order chi connectivity index (χ1) is 16.7. The first-order valence-corrected chi connectivity index (χ1v) is 12.5. The Hall–Kier alpha value is -3.00. The van der Waals surface area contributed by atoms with Crippen molar-refractivity contribution in [1.82, 2.24) is 20.8 Å². The lowest BCUT2D eigenvalue weighted by atomic mass is 9.69. The van der Waals surface area contributed by atoms with Gasteiger partial charge in [-0.05, 0) is 89.1 Å². The van der Waals surface area contributed by atoms with Gasteiger partial charge < -0.3 is 20.6 Å². The highest BCUT2D eigenvalue weighted by Gasteiger charge is 2.49. The topological polar surface area (TPSA) is 90.4 Å². The van der Waals surface area contributed by atoms with Gasteiger partial charge >= 0.3 is 0 Å². The number of aromatic nitrogens is 2.